The monoisotopic (exact) mass is 458 g/mol. The topological polar surface area (TPSA) is 91.0 Å². The Hall–Kier alpha value is -1.67. The van der Waals surface area contributed by atoms with Gasteiger partial charge in [0, 0.05) is 22.1 Å². The van der Waals surface area contributed by atoms with Crippen LogP contribution in [0.25, 0.3) is 0 Å². The number of ether oxygens (including phenoxy) is 1. The summed E-state index contributed by atoms with van der Waals surface area (Å²) in [5.41, 5.74) is 0. The smallest absolute Gasteiger partial charge is 0.245 e. The Morgan fingerprint density at radius 2 is 1.53 bits per heavy atom. The van der Waals surface area contributed by atoms with E-state index in [1.807, 2.05) is 53.6 Å². The van der Waals surface area contributed by atoms with Gasteiger partial charge in [0.25, 0.3) is 0 Å². The summed E-state index contributed by atoms with van der Waals surface area (Å²) in [6.07, 6.45) is 0.553. The molecule has 3 amide bonds. The van der Waals surface area contributed by atoms with Crippen LogP contribution in [0.1, 0.15) is 62.7 Å². The number of rotatable bonds is 14. The minimum atomic E-state index is -0.665. The number of hydrogen-bond donors (Lipinski definition) is 2. The lowest BCUT2D eigenvalue weighted by Crippen LogP contribution is -2.59. The number of nitrogens with zero attached hydrogens (tertiary/aromatic N) is 2. The first-order valence-corrected chi connectivity index (χ1v) is 11.9. The number of methoxy groups -OCH3 is 1. The third-order valence-corrected chi connectivity index (χ3v) is 6.15. The van der Waals surface area contributed by atoms with Gasteiger partial charge in [0.05, 0.1) is 24.6 Å². The van der Waals surface area contributed by atoms with Crippen LogP contribution in [0.15, 0.2) is 0 Å². The fourth-order valence-corrected chi connectivity index (χ4v) is 4.29. The molecule has 0 saturated carbocycles. The summed E-state index contributed by atoms with van der Waals surface area (Å²) in [4.78, 5) is 42.5. The Morgan fingerprint density at radius 3 is 1.91 bits per heavy atom. The van der Waals surface area contributed by atoms with Gasteiger partial charge in [-0.3, -0.25) is 19.3 Å². The zero-order valence-electron chi connectivity index (χ0n) is 22.2. The highest BCUT2D eigenvalue weighted by Gasteiger charge is 2.38. The maximum Gasteiger partial charge on any atom is 0.245 e. The van der Waals surface area contributed by atoms with E-state index >= 15 is 0 Å². The van der Waals surface area contributed by atoms with Gasteiger partial charge in [0.1, 0.15) is 6.04 Å². The molecular weight excluding hydrogens is 408 g/mol. The first-order chi connectivity index (χ1) is 14.8. The van der Waals surface area contributed by atoms with Crippen molar-refractivity contribution in [2.45, 2.75) is 85.5 Å². The van der Waals surface area contributed by atoms with Crippen LogP contribution in [0.5, 0.6) is 0 Å². The Labute approximate surface area is 197 Å². The number of likely N-dealkylation sites (N-methyl/N-ethyl adjacent to an activating group) is 2. The third kappa shape index (κ3) is 8.70. The zero-order chi connectivity index (χ0) is 25.2. The first kappa shape index (κ1) is 30.3. The predicted molar refractivity (Wildman–Crippen MR) is 131 cm³/mol. The molecular formula is C24H50N4O4. The minimum Gasteiger partial charge on any atom is -0.379 e. The molecule has 5 atom stereocenters. The van der Waals surface area contributed by atoms with E-state index in [1.165, 1.54) is 0 Å². The summed E-state index contributed by atoms with van der Waals surface area (Å²) in [7, 11) is 7.05. The van der Waals surface area contributed by atoms with Gasteiger partial charge < -0.3 is 20.3 Å². The fourth-order valence-electron chi connectivity index (χ4n) is 4.29. The summed E-state index contributed by atoms with van der Waals surface area (Å²) in [5.74, 6) is -0.307. The van der Waals surface area contributed by atoms with Crippen molar-refractivity contribution in [3.8, 4) is 0 Å². The Kier molecular flexibility index (Phi) is 13.7. The van der Waals surface area contributed by atoms with Crippen LogP contribution in [0.2, 0.25) is 0 Å². The molecule has 0 aliphatic carbocycles. The number of carbonyl (C=O) groups excluding carboxylic acids is 3. The van der Waals surface area contributed by atoms with Crippen molar-refractivity contribution in [3.05, 3.63) is 0 Å². The molecule has 0 spiro atoms. The number of hydrogen-bond acceptors (Lipinski definition) is 5. The second-order valence-electron chi connectivity index (χ2n) is 9.64. The molecule has 0 fully saturated rings. The van der Waals surface area contributed by atoms with Gasteiger partial charge in [0.15, 0.2) is 0 Å². The van der Waals surface area contributed by atoms with Crippen molar-refractivity contribution in [2.24, 2.45) is 17.8 Å². The lowest BCUT2D eigenvalue weighted by Gasteiger charge is -2.40. The molecule has 32 heavy (non-hydrogen) atoms. The summed E-state index contributed by atoms with van der Waals surface area (Å²) >= 11 is 0. The highest BCUT2D eigenvalue weighted by atomic mass is 16.5. The van der Waals surface area contributed by atoms with Gasteiger partial charge in [0.2, 0.25) is 17.7 Å². The summed E-state index contributed by atoms with van der Waals surface area (Å²) < 4.78 is 5.70. The molecule has 0 saturated heterocycles. The fraction of sp³-hybridized carbons (Fsp3) is 0.875. The van der Waals surface area contributed by atoms with Crippen LogP contribution in [0.3, 0.4) is 0 Å². The van der Waals surface area contributed by atoms with Gasteiger partial charge in [-0.15, -0.1) is 0 Å². The number of carbonyl (C=O) groups is 3. The van der Waals surface area contributed by atoms with Crippen molar-refractivity contribution < 1.29 is 20.5 Å². The molecule has 0 aromatic carbocycles. The van der Waals surface area contributed by atoms with Gasteiger partial charge in [-0.1, -0.05) is 48.0 Å². The van der Waals surface area contributed by atoms with E-state index in [9.17, 15) is 14.4 Å². The molecule has 0 aliphatic heterocycles. The standard InChI is InChI=1S/C24H48N4O4.H2/c1-12-17(7)22(18(32-11)14-19(29)25-13-2)28(10)24(31)20(15(3)4)26-23(30)21(16(5)6)27(8)9;/h15-18,20-22H,12-14H2,1-11H3,(H,25,29)(H,26,30);1H/t17-,18+,20-,21-,22?;/m0./s1. The first-order valence-electron chi connectivity index (χ1n) is 11.9. The maximum atomic E-state index is 13.6. The number of nitrogens with one attached hydrogen (secondary N) is 2. The second-order valence-corrected chi connectivity index (χ2v) is 9.64. The van der Waals surface area contributed by atoms with Crippen LogP contribution in [-0.4, -0.2) is 86.5 Å². The Balaban J connectivity index is 0. The molecule has 2 N–H and O–H groups in total. The van der Waals surface area contributed by atoms with E-state index in [0.29, 0.717) is 6.54 Å². The Morgan fingerprint density at radius 1 is 0.969 bits per heavy atom. The average molecular weight is 459 g/mol. The molecule has 190 valence electrons. The molecule has 8 heteroatoms. The predicted octanol–water partition coefficient (Wildman–Crippen LogP) is 2.37. The van der Waals surface area contributed by atoms with Crippen LogP contribution >= 0.6 is 0 Å². The van der Waals surface area contributed by atoms with E-state index in [1.54, 1.807) is 19.1 Å². The molecule has 0 aromatic rings. The maximum absolute atomic E-state index is 13.6. The van der Waals surface area contributed by atoms with Crippen LogP contribution in [-0.2, 0) is 19.1 Å². The highest BCUT2D eigenvalue weighted by molar-refractivity contribution is 5.90. The lowest BCUT2D eigenvalue weighted by molar-refractivity contribution is -0.144. The van der Waals surface area contributed by atoms with Crippen LogP contribution < -0.4 is 10.6 Å². The number of amides is 3. The molecule has 0 bridgehead atoms. The van der Waals surface area contributed by atoms with E-state index in [0.717, 1.165) is 6.42 Å². The SMILES string of the molecule is CCNC(=O)C[C@@H](OC)C([C@@H](C)CC)N(C)C(=O)[C@@H](NC(=O)[C@H](C(C)C)N(C)C)C(C)C.[HH]. The summed E-state index contributed by atoms with van der Waals surface area (Å²) in [6, 6.07) is -1.29. The van der Waals surface area contributed by atoms with Crippen molar-refractivity contribution >= 4 is 17.7 Å². The van der Waals surface area contributed by atoms with Crippen molar-refractivity contribution in [1.82, 2.24) is 20.4 Å². The third-order valence-electron chi connectivity index (χ3n) is 6.15. The van der Waals surface area contributed by atoms with Crippen molar-refractivity contribution in [1.29, 1.82) is 0 Å². The average Bonchev–Trinajstić information content (AvgIpc) is 2.69. The minimum absolute atomic E-state index is 0. The van der Waals surface area contributed by atoms with Gasteiger partial charge >= 0.3 is 0 Å². The van der Waals surface area contributed by atoms with Crippen LogP contribution in [0, 0.1) is 17.8 Å². The van der Waals surface area contributed by atoms with E-state index in [-0.39, 0.29) is 55.4 Å². The highest BCUT2D eigenvalue weighted by Crippen LogP contribution is 2.23. The Bertz CT molecular complexity index is 593. The summed E-state index contributed by atoms with van der Waals surface area (Å²) in [6.45, 7) is 14.4. The van der Waals surface area contributed by atoms with Gasteiger partial charge in [-0.05, 0) is 38.8 Å². The molecule has 0 aliphatic rings. The molecule has 0 radical (unpaired) electrons. The van der Waals surface area contributed by atoms with E-state index in [2.05, 4.69) is 24.5 Å². The zero-order valence-corrected chi connectivity index (χ0v) is 22.2. The van der Waals surface area contributed by atoms with Gasteiger partial charge in [-0.25, -0.2) is 0 Å². The lowest BCUT2D eigenvalue weighted by atomic mass is 9.89. The van der Waals surface area contributed by atoms with E-state index in [4.69, 9.17) is 4.74 Å². The normalized spacial score (nSPS) is 16.4. The van der Waals surface area contributed by atoms with Gasteiger partial charge in [-0.2, -0.15) is 0 Å². The molecule has 8 nitrogen and oxygen atoms in total. The molecule has 0 rings (SSSR count). The quantitative estimate of drug-likeness (QED) is 0.417. The van der Waals surface area contributed by atoms with Crippen molar-refractivity contribution in [2.75, 3.05) is 34.8 Å². The molecule has 1 unspecified atom stereocenters. The molecule has 0 heterocycles. The van der Waals surface area contributed by atoms with E-state index < -0.39 is 12.1 Å². The van der Waals surface area contributed by atoms with Crippen LogP contribution in [0.4, 0.5) is 0 Å². The summed E-state index contributed by atoms with van der Waals surface area (Å²) in [5, 5.41) is 5.80. The second kappa shape index (κ2) is 14.5. The molecule has 0 aromatic heterocycles. The largest absolute Gasteiger partial charge is 0.379 e. The van der Waals surface area contributed by atoms with Crippen molar-refractivity contribution in [3.63, 3.8) is 0 Å².